The normalized spacial score (nSPS) is 12.9. The zero-order valence-corrected chi connectivity index (χ0v) is 13.4. The molecule has 0 fully saturated rings. The Morgan fingerprint density at radius 2 is 2.00 bits per heavy atom. The van der Waals surface area contributed by atoms with Crippen LogP contribution in [0.4, 0.5) is 0 Å². The van der Waals surface area contributed by atoms with Crippen LogP contribution in [0.2, 0.25) is 0 Å². The lowest BCUT2D eigenvalue weighted by Gasteiger charge is -2.28. The van der Waals surface area contributed by atoms with Crippen LogP contribution >= 0.6 is 15.9 Å². The molecule has 1 heterocycles. The molecule has 0 aliphatic heterocycles. The summed E-state index contributed by atoms with van der Waals surface area (Å²) in [6.07, 6.45) is 1.42. The molecular formula is C13H19BrN2O3. The molecule has 5 nitrogen and oxygen atoms in total. The van der Waals surface area contributed by atoms with Gasteiger partial charge in [-0.3, -0.25) is 9.59 Å². The van der Waals surface area contributed by atoms with Gasteiger partial charge in [0.05, 0.1) is 11.8 Å². The minimum atomic E-state index is -0.562. The predicted octanol–water partition coefficient (Wildman–Crippen LogP) is 2.42. The second-order valence-corrected chi connectivity index (χ2v) is 6.16. The van der Waals surface area contributed by atoms with Crippen LogP contribution < -0.4 is 5.32 Å². The maximum atomic E-state index is 12.2. The van der Waals surface area contributed by atoms with E-state index in [1.54, 1.807) is 20.0 Å². The Balaban J connectivity index is 2.77. The van der Waals surface area contributed by atoms with Gasteiger partial charge in [0.1, 0.15) is 6.04 Å². The van der Waals surface area contributed by atoms with Crippen LogP contribution in [0.1, 0.15) is 38.1 Å². The highest BCUT2D eigenvalue weighted by atomic mass is 79.9. The molecule has 0 unspecified atom stereocenters. The van der Waals surface area contributed by atoms with E-state index >= 15 is 0 Å². The Morgan fingerprint density at radius 1 is 1.42 bits per heavy atom. The van der Waals surface area contributed by atoms with E-state index in [0.717, 1.165) is 0 Å². The monoisotopic (exact) mass is 330 g/mol. The standard InChI is InChI=1S/C13H19BrN2O3/c1-8(11(17)15-13(2,3)4)16(5)12(18)9-6-7-19-10(9)14/h6-8H,1-5H3,(H,15,17)/t8-/m0/s1. The molecule has 106 valence electrons. The Bertz CT molecular complexity index is 476. The zero-order valence-electron chi connectivity index (χ0n) is 11.8. The molecule has 0 saturated carbocycles. The van der Waals surface area contributed by atoms with E-state index in [1.165, 1.54) is 11.2 Å². The van der Waals surface area contributed by atoms with Crippen molar-refractivity contribution in [2.45, 2.75) is 39.3 Å². The first-order valence-corrected chi connectivity index (χ1v) is 6.75. The zero-order chi connectivity index (χ0) is 14.8. The van der Waals surface area contributed by atoms with Crippen molar-refractivity contribution in [3.8, 4) is 0 Å². The molecule has 1 aromatic rings. The van der Waals surface area contributed by atoms with Gasteiger partial charge in [-0.05, 0) is 49.7 Å². The summed E-state index contributed by atoms with van der Waals surface area (Å²) in [5.74, 6) is -0.458. The highest BCUT2D eigenvalue weighted by molar-refractivity contribution is 9.10. The first-order valence-electron chi connectivity index (χ1n) is 5.95. The third-order valence-corrected chi connectivity index (χ3v) is 3.24. The molecule has 0 aliphatic carbocycles. The number of carbonyl (C=O) groups is 2. The minimum Gasteiger partial charge on any atom is -0.457 e. The third-order valence-electron chi connectivity index (χ3n) is 2.63. The average Bonchev–Trinajstić information content (AvgIpc) is 2.70. The first kappa shape index (κ1) is 15.8. The summed E-state index contributed by atoms with van der Waals surface area (Å²) >= 11 is 3.16. The van der Waals surface area contributed by atoms with Crippen LogP contribution in [0, 0.1) is 0 Å². The number of amides is 2. The number of rotatable bonds is 3. The fourth-order valence-corrected chi connectivity index (χ4v) is 1.87. The topological polar surface area (TPSA) is 62.6 Å². The maximum absolute atomic E-state index is 12.2. The van der Waals surface area contributed by atoms with Gasteiger partial charge in [-0.15, -0.1) is 0 Å². The van der Waals surface area contributed by atoms with Crippen LogP contribution in [0.25, 0.3) is 0 Å². The maximum Gasteiger partial charge on any atom is 0.258 e. The number of likely N-dealkylation sites (N-methyl/N-ethyl adjacent to an activating group) is 1. The second kappa shape index (κ2) is 5.77. The highest BCUT2D eigenvalue weighted by Gasteiger charge is 2.27. The summed E-state index contributed by atoms with van der Waals surface area (Å²) in [7, 11) is 1.59. The van der Waals surface area contributed by atoms with Crippen molar-refractivity contribution in [3.63, 3.8) is 0 Å². The van der Waals surface area contributed by atoms with Crippen LogP contribution in [0.15, 0.2) is 21.4 Å². The summed E-state index contributed by atoms with van der Waals surface area (Å²) in [5, 5.41) is 2.85. The lowest BCUT2D eigenvalue weighted by Crippen LogP contribution is -2.51. The van der Waals surface area contributed by atoms with Gasteiger partial charge in [0.15, 0.2) is 4.67 Å². The Kier molecular flexibility index (Phi) is 4.79. The number of nitrogens with zero attached hydrogens (tertiary/aromatic N) is 1. The number of hydrogen-bond acceptors (Lipinski definition) is 3. The fourth-order valence-electron chi connectivity index (χ4n) is 1.46. The molecule has 0 saturated heterocycles. The number of nitrogens with one attached hydrogen (secondary N) is 1. The smallest absolute Gasteiger partial charge is 0.258 e. The number of hydrogen-bond donors (Lipinski definition) is 1. The van der Waals surface area contributed by atoms with E-state index in [9.17, 15) is 9.59 Å². The van der Waals surface area contributed by atoms with E-state index in [0.29, 0.717) is 10.2 Å². The number of carbonyl (C=O) groups excluding carboxylic acids is 2. The predicted molar refractivity (Wildman–Crippen MR) is 75.9 cm³/mol. The van der Waals surface area contributed by atoms with Crippen molar-refractivity contribution < 1.29 is 14.0 Å². The lowest BCUT2D eigenvalue weighted by atomic mass is 10.1. The molecule has 0 bridgehead atoms. The molecule has 1 N–H and O–H groups in total. The Labute approximate surface area is 121 Å². The van der Waals surface area contributed by atoms with Crippen LogP contribution in [-0.4, -0.2) is 35.3 Å². The first-order chi connectivity index (χ1) is 8.63. The molecule has 1 rings (SSSR count). The molecule has 0 aliphatic rings. The summed E-state index contributed by atoms with van der Waals surface area (Å²) in [6, 6.07) is 1.01. The van der Waals surface area contributed by atoms with Gasteiger partial charge in [-0.1, -0.05) is 0 Å². The van der Waals surface area contributed by atoms with Crippen molar-refractivity contribution in [2.24, 2.45) is 0 Å². The quantitative estimate of drug-likeness (QED) is 0.925. The molecule has 2 amide bonds. The molecule has 1 aromatic heterocycles. The molecular weight excluding hydrogens is 312 g/mol. The van der Waals surface area contributed by atoms with Crippen molar-refractivity contribution >= 4 is 27.7 Å². The molecule has 0 aromatic carbocycles. The Morgan fingerprint density at radius 3 is 2.42 bits per heavy atom. The van der Waals surface area contributed by atoms with E-state index < -0.39 is 6.04 Å². The van der Waals surface area contributed by atoms with Crippen molar-refractivity contribution in [2.75, 3.05) is 7.05 Å². The van der Waals surface area contributed by atoms with Crippen molar-refractivity contribution in [1.82, 2.24) is 10.2 Å². The fraction of sp³-hybridized carbons (Fsp3) is 0.538. The Hall–Kier alpha value is -1.30. The van der Waals surface area contributed by atoms with Crippen molar-refractivity contribution in [3.05, 3.63) is 22.6 Å². The summed E-state index contributed by atoms with van der Waals surface area (Å²) in [4.78, 5) is 25.6. The second-order valence-electron chi connectivity index (χ2n) is 5.44. The molecule has 19 heavy (non-hydrogen) atoms. The summed E-state index contributed by atoms with van der Waals surface area (Å²) < 4.78 is 5.39. The highest BCUT2D eigenvalue weighted by Crippen LogP contribution is 2.19. The van der Waals surface area contributed by atoms with Gasteiger partial charge in [0.25, 0.3) is 5.91 Å². The lowest BCUT2D eigenvalue weighted by molar-refractivity contribution is -0.126. The average molecular weight is 331 g/mol. The number of furan rings is 1. The van der Waals surface area contributed by atoms with E-state index in [2.05, 4.69) is 21.2 Å². The van der Waals surface area contributed by atoms with Gasteiger partial charge in [-0.25, -0.2) is 0 Å². The van der Waals surface area contributed by atoms with Crippen LogP contribution in [0.5, 0.6) is 0 Å². The van der Waals surface area contributed by atoms with Crippen molar-refractivity contribution in [1.29, 1.82) is 0 Å². The molecule has 0 spiro atoms. The third kappa shape index (κ3) is 4.09. The van der Waals surface area contributed by atoms with Gasteiger partial charge >= 0.3 is 0 Å². The largest absolute Gasteiger partial charge is 0.457 e. The van der Waals surface area contributed by atoms with Gasteiger partial charge < -0.3 is 14.6 Å². The van der Waals surface area contributed by atoms with Gasteiger partial charge in [0.2, 0.25) is 5.91 Å². The molecule has 0 radical (unpaired) electrons. The van der Waals surface area contributed by atoms with E-state index in [1.807, 2.05) is 20.8 Å². The van der Waals surface area contributed by atoms with E-state index in [-0.39, 0.29) is 17.4 Å². The van der Waals surface area contributed by atoms with Gasteiger partial charge in [0, 0.05) is 12.6 Å². The molecule has 1 atom stereocenters. The SMILES string of the molecule is C[C@@H](C(=O)NC(C)(C)C)N(C)C(=O)c1ccoc1Br. The van der Waals surface area contributed by atoms with Crippen LogP contribution in [-0.2, 0) is 4.79 Å². The van der Waals surface area contributed by atoms with Crippen LogP contribution in [0.3, 0.4) is 0 Å². The molecule has 6 heteroatoms. The summed E-state index contributed by atoms with van der Waals surface area (Å²) in [5.41, 5.74) is 0.0729. The van der Waals surface area contributed by atoms with E-state index in [4.69, 9.17) is 4.42 Å². The number of halogens is 1. The van der Waals surface area contributed by atoms with Gasteiger partial charge in [-0.2, -0.15) is 0 Å². The minimum absolute atomic E-state index is 0.192. The summed E-state index contributed by atoms with van der Waals surface area (Å²) in [6.45, 7) is 7.37.